The lowest BCUT2D eigenvalue weighted by Gasteiger charge is -2.28. The summed E-state index contributed by atoms with van der Waals surface area (Å²) in [5.74, 6) is -1.45. The fraction of sp³-hybridized carbons (Fsp3) is 0.132. The average Bonchev–Trinajstić information content (AvgIpc) is 3.30. The zero-order chi connectivity index (χ0) is 47.7. The SMILES string of the molecule is CC1CC(=O)c2c(O)c(Cc3cc(Cl)ccc3O)c(O)c(Cc3cc(Cl)ccc3O)c2O1.O=c1cc(-c2ccccc2)oc2c(Cc3ccccc3O)c(O)c(Cc3ccccc3O)c(O)c12. The van der Waals surface area contributed by atoms with E-state index in [4.69, 9.17) is 32.4 Å². The highest BCUT2D eigenvalue weighted by Gasteiger charge is 2.34. The molecule has 12 nitrogen and oxygen atoms in total. The molecule has 8 aromatic rings. The molecule has 2 heterocycles. The number of hydrogen-bond acceptors (Lipinski definition) is 12. The highest BCUT2D eigenvalue weighted by atomic mass is 35.5. The number of ketones is 1. The number of carbonyl (C=O) groups excluding carboxylic acids is 1. The smallest absolute Gasteiger partial charge is 0.197 e. The Morgan fingerprint density at radius 1 is 0.522 bits per heavy atom. The first-order chi connectivity index (χ1) is 32.1. The van der Waals surface area contributed by atoms with Gasteiger partial charge in [0.1, 0.15) is 80.1 Å². The lowest BCUT2D eigenvalue weighted by molar-refractivity contribution is 0.0863. The van der Waals surface area contributed by atoms with Crippen LogP contribution in [0.3, 0.4) is 0 Å². The van der Waals surface area contributed by atoms with Gasteiger partial charge in [-0.25, -0.2) is 0 Å². The molecule has 7 aromatic carbocycles. The first-order valence-corrected chi connectivity index (χ1v) is 21.7. The van der Waals surface area contributed by atoms with Gasteiger partial charge in [0.15, 0.2) is 11.2 Å². The maximum atomic E-state index is 13.2. The van der Waals surface area contributed by atoms with E-state index in [2.05, 4.69) is 0 Å². The maximum absolute atomic E-state index is 13.2. The van der Waals surface area contributed by atoms with Crippen LogP contribution in [0.5, 0.6) is 51.7 Å². The molecule has 14 heteroatoms. The molecule has 0 saturated heterocycles. The molecular formula is C53H42Cl2O12. The topological polar surface area (TPSA) is 218 Å². The Morgan fingerprint density at radius 2 is 1.00 bits per heavy atom. The number of rotatable bonds is 9. The zero-order valence-electron chi connectivity index (χ0n) is 35.6. The molecule has 8 N–H and O–H groups in total. The first-order valence-electron chi connectivity index (χ1n) is 21.0. The van der Waals surface area contributed by atoms with E-state index in [-0.39, 0.29) is 123 Å². The van der Waals surface area contributed by atoms with Gasteiger partial charge in [0.2, 0.25) is 0 Å². The normalized spacial score (nSPS) is 13.1. The Kier molecular flexibility index (Phi) is 13.0. The number of ether oxygens (including phenoxy) is 1. The number of phenols is 8. The summed E-state index contributed by atoms with van der Waals surface area (Å²) in [6.07, 6.45) is -0.458. The van der Waals surface area contributed by atoms with Crippen LogP contribution in [0, 0.1) is 0 Å². The summed E-state index contributed by atoms with van der Waals surface area (Å²) >= 11 is 12.1. The molecular weight excluding hydrogens is 899 g/mol. The van der Waals surface area contributed by atoms with Crippen molar-refractivity contribution in [2.75, 3.05) is 0 Å². The van der Waals surface area contributed by atoms with Crippen molar-refractivity contribution >= 4 is 40.0 Å². The number of para-hydroxylation sites is 2. The van der Waals surface area contributed by atoms with Gasteiger partial charge in [0, 0.05) is 76.0 Å². The average molecular weight is 942 g/mol. The number of carbonyl (C=O) groups is 1. The maximum Gasteiger partial charge on any atom is 0.197 e. The van der Waals surface area contributed by atoms with Gasteiger partial charge in [-0.3, -0.25) is 9.59 Å². The molecule has 1 unspecified atom stereocenters. The molecule has 0 spiro atoms. The van der Waals surface area contributed by atoms with Gasteiger partial charge in [0.05, 0.1) is 0 Å². The molecule has 1 aliphatic heterocycles. The molecule has 9 rings (SSSR count). The van der Waals surface area contributed by atoms with Crippen LogP contribution in [-0.2, 0) is 25.7 Å². The van der Waals surface area contributed by atoms with Crippen LogP contribution in [-0.4, -0.2) is 52.7 Å². The third kappa shape index (κ3) is 9.35. The second-order valence-electron chi connectivity index (χ2n) is 16.1. The standard InChI is InChI=1S/C29H22O6.C24H20Cl2O6/c30-22-12-6-4-10-18(22)14-20-27(33)21(15-19-11-5-7-13-23(19)31)29-26(28(20)34)24(32)16-25(35-29)17-8-2-1-3-9-17;1-11-6-20(29)21-23(31)16(9-12-7-14(25)2-4-18(12)27)22(30)17(24(21)32-11)10-13-8-15(26)3-5-19(13)28/h1-13,16,30-31,33-34H,14-15H2;2-5,7-8,11,27-28,30-31H,6,9-10H2,1H3. The fourth-order valence-electron chi connectivity index (χ4n) is 8.17. The van der Waals surface area contributed by atoms with Crippen molar-refractivity contribution in [3.8, 4) is 63.1 Å². The summed E-state index contributed by atoms with van der Waals surface area (Å²) in [5, 5.41) is 86.3. The zero-order valence-corrected chi connectivity index (χ0v) is 37.1. The lowest BCUT2D eigenvalue weighted by atomic mass is 9.88. The van der Waals surface area contributed by atoms with E-state index in [0.717, 1.165) is 0 Å². The lowest BCUT2D eigenvalue weighted by Crippen LogP contribution is -2.25. The van der Waals surface area contributed by atoms with Gasteiger partial charge < -0.3 is 50.0 Å². The molecule has 340 valence electrons. The van der Waals surface area contributed by atoms with Gasteiger partial charge in [-0.05, 0) is 77.7 Å². The minimum atomic E-state index is -0.473. The van der Waals surface area contributed by atoms with Crippen molar-refractivity contribution in [1.82, 2.24) is 0 Å². The summed E-state index contributed by atoms with van der Waals surface area (Å²) < 4.78 is 12.0. The third-order valence-corrected chi connectivity index (χ3v) is 12.0. The van der Waals surface area contributed by atoms with Crippen molar-refractivity contribution in [3.05, 3.63) is 192 Å². The van der Waals surface area contributed by atoms with E-state index in [0.29, 0.717) is 37.9 Å². The summed E-state index contributed by atoms with van der Waals surface area (Å²) in [6, 6.07) is 32.5. The van der Waals surface area contributed by atoms with Crippen LogP contribution in [0.1, 0.15) is 68.2 Å². The highest BCUT2D eigenvalue weighted by molar-refractivity contribution is 6.31. The van der Waals surface area contributed by atoms with Crippen LogP contribution in [0.25, 0.3) is 22.3 Å². The third-order valence-electron chi connectivity index (χ3n) is 11.6. The summed E-state index contributed by atoms with van der Waals surface area (Å²) in [5.41, 5.74) is 2.55. The van der Waals surface area contributed by atoms with Crippen LogP contribution in [0.15, 0.2) is 131 Å². The van der Waals surface area contributed by atoms with E-state index in [1.807, 2.05) is 18.2 Å². The Hall–Kier alpha value is -7.80. The number of benzene rings is 7. The number of fused-ring (bicyclic) bond motifs is 2. The largest absolute Gasteiger partial charge is 0.508 e. The fourth-order valence-corrected chi connectivity index (χ4v) is 8.56. The quantitative estimate of drug-likeness (QED) is 0.0678. The molecule has 1 aliphatic rings. The van der Waals surface area contributed by atoms with E-state index < -0.39 is 23.0 Å². The summed E-state index contributed by atoms with van der Waals surface area (Å²) in [6.45, 7) is 1.72. The number of Topliss-reactive ketones (excluding diaryl/α,β-unsaturated/α-hetero) is 1. The molecule has 0 fully saturated rings. The van der Waals surface area contributed by atoms with Crippen molar-refractivity contribution in [1.29, 1.82) is 0 Å². The predicted octanol–water partition coefficient (Wildman–Crippen LogP) is 10.8. The Bertz CT molecular complexity index is 3270. The number of aromatic hydroxyl groups is 8. The Balaban J connectivity index is 0.000000182. The van der Waals surface area contributed by atoms with Crippen molar-refractivity contribution in [3.63, 3.8) is 0 Å². The van der Waals surface area contributed by atoms with Gasteiger partial charge >= 0.3 is 0 Å². The first kappa shape index (κ1) is 45.8. The molecule has 0 aliphatic carbocycles. The number of halogens is 2. The van der Waals surface area contributed by atoms with E-state index in [1.165, 1.54) is 48.5 Å². The molecule has 1 atom stereocenters. The minimum absolute atomic E-state index is 0.000103. The van der Waals surface area contributed by atoms with Crippen molar-refractivity contribution < 1.29 is 54.8 Å². The van der Waals surface area contributed by atoms with Gasteiger partial charge in [-0.2, -0.15) is 0 Å². The van der Waals surface area contributed by atoms with Crippen LogP contribution in [0.4, 0.5) is 0 Å². The number of hydrogen-bond donors (Lipinski definition) is 8. The minimum Gasteiger partial charge on any atom is -0.508 e. The number of phenolic OH excluding ortho intramolecular Hbond substituents is 8. The van der Waals surface area contributed by atoms with Crippen LogP contribution < -0.4 is 10.2 Å². The monoisotopic (exact) mass is 940 g/mol. The van der Waals surface area contributed by atoms with Gasteiger partial charge in [0.25, 0.3) is 0 Å². The van der Waals surface area contributed by atoms with E-state index in [9.17, 15) is 50.4 Å². The molecule has 0 saturated carbocycles. The summed E-state index contributed by atoms with van der Waals surface area (Å²) in [7, 11) is 0. The second-order valence-corrected chi connectivity index (χ2v) is 17.0. The molecule has 0 bridgehead atoms. The molecule has 67 heavy (non-hydrogen) atoms. The van der Waals surface area contributed by atoms with Gasteiger partial charge in [-0.1, -0.05) is 89.9 Å². The van der Waals surface area contributed by atoms with Crippen molar-refractivity contribution in [2.45, 2.75) is 45.1 Å². The van der Waals surface area contributed by atoms with Crippen molar-refractivity contribution in [2.24, 2.45) is 0 Å². The predicted molar refractivity (Wildman–Crippen MR) is 254 cm³/mol. The van der Waals surface area contributed by atoms with Gasteiger partial charge in [-0.15, -0.1) is 0 Å². The van der Waals surface area contributed by atoms with Crippen LogP contribution in [0.2, 0.25) is 10.0 Å². The van der Waals surface area contributed by atoms with E-state index in [1.54, 1.807) is 61.5 Å². The molecule has 1 aromatic heterocycles. The highest BCUT2D eigenvalue weighted by Crippen LogP contribution is 2.49. The summed E-state index contributed by atoms with van der Waals surface area (Å²) in [4.78, 5) is 26.1. The van der Waals surface area contributed by atoms with E-state index >= 15 is 0 Å². The molecule has 0 amide bonds. The molecule has 0 radical (unpaired) electrons. The second kappa shape index (κ2) is 19.0. The Labute approximate surface area is 393 Å². The van der Waals surface area contributed by atoms with Crippen LogP contribution >= 0.6 is 23.2 Å². The Morgan fingerprint density at radius 3 is 1.58 bits per heavy atom.